The maximum Gasteiger partial charge on any atom is 0.161 e. The molecule has 2 nitrogen and oxygen atoms in total. The molecule has 0 aliphatic carbocycles. The van der Waals surface area contributed by atoms with Gasteiger partial charge in [0.2, 0.25) is 0 Å². The molecule has 1 aromatic carbocycles. The van der Waals surface area contributed by atoms with E-state index in [9.17, 15) is 0 Å². The molecule has 0 unspecified atom stereocenters. The molecule has 1 aromatic heterocycles. The quantitative estimate of drug-likeness (QED) is 0.750. The van der Waals surface area contributed by atoms with Gasteiger partial charge in [-0.05, 0) is 26.3 Å². The Morgan fingerprint density at radius 3 is 2.53 bits per heavy atom. The van der Waals surface area contributed by atoms with Crippen LogP contribution in [-0.4, -0.2) is 9.97 Å². The highest BCUT2D eigenvalue weighted by atomic mass is 35.5. The number of rotatable bonds is 2. The van der Waals surface area contributed by atoms with E-state index in [0.717, 1.165) is 23.2 Å². The third-order valence-corrected chi connectivity index (χ3v) is 3.11. The van der Waals surface area contributed by atoms with Crippen molar-refractivity contribution in [2.24, 2.45) is 0 Å². The van der Waals surface area contributed by atoms with Crippen molar-refractivity contribution < 1.29 is 0 Å². The van der Waals surface area contributed by atoms with Gasteiger partial charge in [-0.15, -0.1) is 0 Å². The van der Waals surface area contributed by atoms with Gasteiger partial charge >= 0.3 is 0 Å². The van der Waals surface area contributed by atoms with Crippen molar-refractivity contribution in [2.45, 2.75) is 27.2 Å². The maximum absolute atomic E-state index is 6.17. The largest absolute Gasteiger partial charge is 0.233 e. The van der Waals surface area contributed by atoms with Crippen LogP contribution in [-0.2, 0) is 6.42 Å². The van der Waals surface area contributed by atoms with Crippen molar-refractivity contribution in [3.05, 3.63) is 46.2 Å². The van der Waals surface area contributed by atoms with Crippen LogP contribution in [0.1, 0.15) is 23.7 Å². The Labute approximate surface area is 107 Å². The summed E-state index contributed by atoms with van der Waals surface area (Å²) in [4.78, 5) is 8.89. The summed E-state index contributed by atoms with van der Waals surface area (Å²) >= 11 is 6.17. The molecule has 0 spiro atoms. The van der Waals surface area contributed by atoms with Gasteiger partial charge in [0.1, 0.15) is 5.15 Å². The van der Waals surface area contributed by atoms with Gasteiger partial charge in [-0.2, -0.15) is 0 Å². The molecule has 0 fully saturated rings. The third-order valence-electron chi connectivity index (χ3n) is 2.79. The molecule has 0 aliphatic rings. The molecule has 2 rings (SSSR count). The van der Waals surface area contributed by atoms with Crippen LogP contribution in [0.3, 0.4) is 0 Å². The van der Waals surface area contributed by atoms with Gasteiger partial charge in [0.15, 0.2) is 5.82 Å². The molecule has 1 heterocycles. The first kappa shape index (κ1) is 12.1. The number of aromatic nitrogens is 2. The van der Waals surface area contributed by atoms with Gasteiger partial charge < -0.3 is 0 Å². The fourth-order valence-electron chi connectivity index (χ4n) is 1.88. The SMILES string of the molecule is CCc1c(C)nc(-c2cccc(C)c2)nc1Cl. The number of benzene rings is 1. The first-order valence-corrected chi connectivity index (χ1v) is 6.09. The van der Waals surface area contributed by atoms with Crippen molar-refractivity contribution >= 4 is 11.6 Å². The van der Waals surface area contributed by atoms with Gasteiger partial charge in [0.05, 0.1) is 0 Å². The summed E-state index contributed by atoms with van der Waals surface area (Å²) in [6.45, 7) is 6.09. The Morgan fingerprint density at radius 2 is 1.94 bits per heavy atom. The fraction of sp³-hybridized carbons (Fsp3) is 0.286. The zero-order valence-electron chi connectivity index (χ0n) is 10.3. The first-order valence-electron chi connectivity index (χ1n) is 5.72. The Kier molecular flexibility index (Phi) is 3.43. The number of nitrogens with zero attached hydrogens (tertiary/aromatic N) is 2. The minimum atomic E-state index is 0.566. The topological polar surface area (TPSA) is 25.8 Å². The lowest BCUT2D eigenvalue weighted by molar-refractivity contribution is 1.00. The second-order valence-corrected chi connectivity index (χ2v) is 4.48. The van der Waals surface area contributed by atoms with E-state index in [-0.39, 0.29) is 0 Å². The normalized spacial score (nSPS) is 10.6. The summed E-state index contributed by atoms with van der Waals surface area (Å²) in [6.07, 6.45) is 0.860. The summed E-state index contributed by atoms with van der Waals surface area (Å²) in [5.41, 5.74) is 4.20. The number of aryl methyl sites for hydroxylation is 2. The second kappa shape index (κ2) is 4.84. The van der Waals surface area contributed by atoms with Crippen LogP contribution >= 0.6 is 11.6 Å². The molecule has 0 atom stereocenters. The fourth-order valence-corrected chi connectivity index (χ4v) is 2.23. The van der Waals surface area contributed by atoms with Gasteiger partial charge in [-0.25, -0.2) is 9.97 Å². The van der Waals surface area contributed by atoms with E-state index in [2.05, 4.69) is 35.9 Å². The summed E-state index contributed by atoms with van der Waals surface area (Å²) < 4.78 is 0. The minimum Gasteiger partial charge on any atom is -0.233 e. The Hall–Kier alpha value is -1.41. The average molecular weight is 247 g/mol. The van der Waals surface area contributed by atoms with Crippen molar-refractivity contribution in [3.63, 3.8) is 0 Å². The van der Waals surface area contributed by atoms with Gasteiger partial charge in [0.25, 0.3) is 0 Å². The van der Waals surface area contributed by atoms with Crippen molar-refractivity contribution in [2.75, 3.05) is 0 Å². The highest BCUT2D eigenvalue weighted by Gasteiger charge is 2.09. The highest BCUT2D eigenvalue weighted by Crippen LogP contribution is 2.23. The van der Waals surface area contributed by atoms with E-state index in [0.29, 0.717) is 11.0 Å². The van der Waals surface area contributed by atoms with E-state index in [4.69, 9.17) is 11.6 Å². The number of hydrogen-bond donors (Lipinski definition) is 0. The van der Waals surface area contributed by atoms with Gasteiger partial charge in [-0.1, -0.05) is 42.3 Å². The zero-order valence-corrected chi connectivity index (χ0v) is 11.0. The first-order chi connectivity index (χ1) is 8.11. The summed E-state index contributed by atoms with van der Waals surface area (Å²) in [7, 11) is 0. The van der Waals surface area contributed by atoms with Gasteiger partial charge in [0, 0.05) is 16.8 Å². The summed E-state index contributed by atoms with van der Waals surface area (Å²) in [6, 6.07) is 8.13. The monoisotopic (exact) mass is 246 g/mol. The van der Waals surface area contributed by atoms with E-state index < -0.39 is 0 Å². The Bertz CT molecular complexity index is 527. The van der Waals surface area contributed by atoms with Crippen LogP contribution in [0.15, 0.2) is 24.3 Å². The molecule has 0 radical (unpaired) electrons. The van der Waals surface area contributed by atoms with Crippen LogP contribution in [0.25, 0.3) is 11.4 Å². The van der Waals surface area contributed by atoms with Crippen molar-refractivity contribution in [1.82, 2.24) is 9.97 Å². The number of halogens is 1. The molecule has 0 bridgehead atoms. The molecule has 17 heavy (non-hydrogen) atoms. The Balaban J connectivity index is 2.54. The van der Waals surface area contributed by atoms with Crippen LogP contribution < -0.4 is 0 Å². The molecule has 0 aliphatic heterocycles. The van der Waals surface area contributed by atoms with Gasteiger partial charge in [-0.3, -0.25) is 0 Å². The predicted octanol–water partition coefficient (Wildman–Crippen LogP) is 3.98. The van der Waals surface area contributed by atoms with Crippen LogP contribution in [0, 0.1) is 13.8 Å². The lowest BCUT2D eigenvalue weighted by Gasteiger charge is -2.08. The summed E-state index contributed by atoms with van der Waals surface area (Å²) in [5.74, 6) is 0.702. The molecular formula is C14H15ClN2. The summed E-state index contributed by atoms with van der Waals surface area (Å²) in [5, 5.41) is 0.566. The molecule has 3 heteroatoms. The second-order valence-electron chi connectivity index (χ2n) is 4.13. The maximum atomic E-state index is 6.17. The number of hydrogen-bond acceptors (Lipinski definition) is 2. The lowest BCUT2D eigenvalue weighted by Crippen LogP contribution is -1.99. The Morgan fingerprint density at radius 1 is 1.18 bits per heavy atom. The minimum absolute atomic E-state index is 0.566. The molecule has 0 amide bonds. The smallest absolute Gasteiger partial charge is 0.161 e. The molecule has 88 valence electrons. The average Bonchev–Trinajstić information content (AvgIpc) is 2.28. The molecular weight excluding hydrogens is 232 g/mol. The predicted molar refractivity (Wildman–Crippen MR) is 71.3 cm³/mol. The van der Waals surface area contributed by atoms with Crippen LogP contribution in [0.4, 0.5) is 0 Å². The third kappa shape index (κ3) is 2.47. The van der Waals surface area contributed by atoms with E-state index in [1.54, 1.807) is 0 Å². The molecule has 2 aromatic rings. The van der Waals surface area contributed by atoms with Crippen LogP contribution in [0.2, 0.25) is 5.15 Å². The lowest BCUT2D eigenvalue weighted by atomic mass is 10.1. The zero-order chi connectivity index (χ0) is 12.4. The standard InChI is InChI=1S/C14H15ClN2/c1-4-12-10(3)16-14(17-13(12)15)11-7-5-6-9(2)8-11/h5-8H,4H2,1-3H3. The van der Waals surface area contributed by atoms with E-state index in [1.807, 2.05) is 19.1 Å². The van der Waals surface area contributed by atoms with E-state index in [1.165, 1.54) is 5.56 Å². The van der Waals surface area contributed by atoms with Crippen molar-refractivity contribution in [1.29, 1.82) is 0 Å². The van der Waals surface area contributed by atoms with E-state index >= 15 is 0 Å². The molecule has 0 N–H and O–H groups in total. The van der Waals surface area contributed by atoms with Crippen LogP contribution in [0.5, 0.6) is 0 Å². The molecule has 0 saturated heterocycles. The molecule has 0 saturated carbocycles. The highest BCUT2D eigenvalue weighted by molar-refractivity contribution is 6.30. The van der Waals surface area contributed by atoms with Crippen molar-refractivity contribution in [3.8, 4) is 11.4 Å².